The molecule has 5 rings (SSSR count). The summed E-state index contributed by atoms with van der Waals surface area (Å²) in [6.45, 7) is 3.48. The third-order valence-electron chi connectivity index (χ3n) is 4.95. The zero-order chi connectivity index (χ0) is 16.3. The lowest BCUT2D eigenvalue weighted by Gasteiger charge is -2.32. The van der Waals surface area contributed by atoms with Gasteiger partial charge in [0.25, 0.3) is 5.91 Å². The highest BCUT2D eigenvalue weighted by molar-refractivity contribution is 7.20. The summed E-state index contributed by atoms with van der Waals surface area (Å²) in [5, 5.41) is 5.77. The van der Waals surface area contributed by atoms with E-state index in [2.05, 4.69) is 24.2 Å². The maximum atomic E-state index is 13.0. The van der Waals surface area contributed by atoms with E-state index in [9.17, 15) is 4.79 Å². The fraction of sp³-hybridized carbons (Fsp3) is 0.389. The first-order valence-corrected chi connectivity index (χ1v) is 9.26. The van der Waals surface area contributed by atoms with Crippen LogP contribution in [0.5, 0.6) is 0 Å². The molecule has 1 aliphatic carbocycles. The van der Waals surface area contributed by atoms with Crippen LogP contribution in [0.2, 0.25) is 0 Å². The first-order valence-electron chi connectivity index (χ1n) is 8.45. The van der Waals surface area contributed by atoms with E-state index in [1.165, 1.54) is 12.8 Å². The number of carbonyl (C=O) groups is 1. The van der Waals surface area contributed by atoms with Crippen LogP contribution in [0.3, 0.4) is 0 Å². The maximum Gasteiger partial charge on any atom is 0.264 e. The lowest BCUT2D eigenvalue weighted by atomic mass is 10.2. The van der Waals surface area contributed by atoms with Crippen LogP contribution in [0.25, 0.3) is 10.1 Å². The van der Waals surface area contributed by atoms with Gasteiger partial charge < -0.3 is 4.90 Å². The molecular weight excluding hydrogens is 320 g/mol. The van der Waals surface area contributed by atoms with Crippen LogP contribution in [0.4, 0.5) is 0 Å². The molecule has 0 saturated heterocycles. The highest BCUT2D eigenvalue weighted by Gasteiger charge is 2.35. The number of aromatic nitrogens is 3. The van der Waals surface area contributed by atoms with E-state index in [1.54, 1.807) is 11.3 Å². The molecule has 2 aromatic heterocycles. The minimum atomic E-state index is -0.0311. The van der Waals surface area contributed by atoms with Crippen LogP contribution in [0.15, 0.2) is 30.3 Å². The van der Waals surface area contributed by atoms with Crippen molar-refractivity contribution in [1.82, 2.24) is 19.7 Å². The highest BCUT2D eigenvalue weighted by Crippen LogP contribution is 2.39. The van der Waals surface area contributed by atoms with Gasteiger partial charge in [-0.1, -0.05) is 18.2 Å². The van der Waals surface area contributed by atoms with Gasteiger partial charge in [0.2, 0.25) is 0 Å². The summed E-state index contributed by atoms with van der Waals surface area (Å²) < 4.78 is 3.15. The van der Waals surface area contributed by atoms with Gasteiger partial charge in [0.1, 0.15) is 5.82 Å². The Hall–Kier alpha value is -2.21. The Labute approximate surface area is 143 Å². The zero-order valence-corrected chi connectivity index (χ0v) is 14.3. The van der Waals surface area contributed by atoms with Crippen LogP contribution in [-0.2, 0) is 6.54 Å². The molecule has 1 aromatic carbocycles. The third kappa shape index (κ3) is 2.17. The summed E-state index contributed by atoms with van der Waals surface area (Å²) in [5.41, 5.74) is 0. The van der Waals surface area contributed by atoms with Crippen LogP contribution >= 0.6 is 11.3 Å². The third-order valence-corrected chi connectivity index (χ3v) is 6.05. The second-order valence-corrected chi connectivity index (χ2v) is 7.73. The van der Waals surface area contributed by atoms with Crippen molar-refractivity contribution < 1.29 is 4.79 Å². The van der Waals surface area contributed by atoms with Crippen LogP contribution in [-0.4, -0.2) is 32.1 Å². The van der Waals surface area contributed by atoms with Crippen molar-refractivity contribution in [1.29, 1.82) is 0 Å². The molecule has 1 fully saturated rings. The smallest absolute Gasteiger partial charge is 0.264 e. The monoisotopic (exact) mass is 338 g/mol. The molecule has 24 heavy (non-hydrogen) atoms. The number of rotatable bonds is 2. The maximum absolute atomic E-state index is 13.0. The summed E-state index contributed by atoms with van der Waals surface area (Å²) in [5.74, 6) is 2.54. The largest absolute Gasteiger partial charge is 0.326 e. The second kappa shape index (κ2) is 5.14. The summed E-state index contributed by atoms with van der Waals surface area (Å²) in [4.78, 5) is 20.5. The molecule has 0 radical (unpaired) electrons. The SMILES string of the molecule is C[C@@H]1c2nc(C3CC3)nn2CCN1C(=O)c1cc2ccccc2s1. The Bertz CT molecular complexity index is 907. The van der Waals surface area contributed by atoms with Crippen molar-refractivity contribution in [2.24, 2.45) is 0 Å². The number of fused-ring (bicyclic) bond motifs is 2. The predicted molar refractivity (Wildman–Crippen MR) is 93.3 cm³/mol. The lowest BCUT2D eigenvalue weighted by molar-refractivity contribution is 0.0636. The molecule has 0 bridgehead atoms. The predicted octanol–water partition coefficient (Wildman–Crippen LogP) is 3.59. The fourth-order valence-electron chi connectivity index (χ4n) is 3.40. The van der Waals surface area contributed by atoms with E-state index in [1.807, 2.05) is 27.8 Å². The number of hydrogen-bond acceptors (Lipinski definition) is 4. The van der Waals surface area contributed by atoms with E-state index in [-0.39, 0.29) is 11.9 Å². The van der Waals surface area contributed by atoms with Crippen LogP contribution in [0, 0.1) is 0 Å². The summed E-state index contributed by atoms with van der Waals surface area (Å²) in [7, 11) is 0. The number of nitrogens with zero attached hydrogens (tertiary/aromatic N) is 4. The van der Waals surface area contributed by atoms with Crippen LogP contribution in [0.1, 0.15) is 53.0 Å². The average Bonchev–Trinajstić information content (AvgIpc) is 3.20. The summed E-state index contributed by atoms with van der Waals surface area (Å²) in [6, 6.07) is 10.1. The molecule has 122 valence electrons. The molecular formula is C18H18N4OS. The molecule has 3 aromatic rings. The van der Waals surface area contributed by atoms with E-state index < -0.39 is 0 Å². The van der Waals surface area contributed by atoms with E-state index in [0.717, 1.165) is 33.2 Å². The van der Waals surface area contributed by atoms with E-state index in [0.29, 0.717) is 12.5 Å². The van der Waals surface area contributed by atoms with E-state index in [4.69, 9.17) is 4.98 Å². The number of benzene rings is 1. The molecule has 3 heterocycles. The van der Waals surface area contributed by atoms with Gasteiger partial charge in [0.05, 0.1) is 17.5 Å². The molecule has 0 N–H and O–H groups in total. The molecule has 0 unspecified atom stereocenters. The van der Waals surface area contributed by atoms with Gasteiger partial charge in [-0.2, -0.15) is 5.10 Å². The van der Waals surface area contributed by atoms with Gasteiger partial charge in [-0.25, -0.2) is 9.67 Å². The van der Waals surface area contributed by atoms with Crippen molar-refractivity contribution in [3.05, 3.63) is 46.9 Å². The number of carbonyl (C=O) groups excluding carboxylic acids is 1. The number of amides is 1. The standard InChI is InChI=1S/C18H18N4OS/c1-11-17-19-16(12-6-7-12)20-22(17)9-8-21(11)18(23)15-10-13-4-2-3-5-14(13)24-15/h2-5,10-12H,6-9H2,1H3/t11-/m1/s1. The Kier molecular flexibility index (Phi) is 3.03. The van der Waals surface area contributed by atoms with Gasteiger partial charge in [0.15, 0.2) is 5.82 Å². The molecule has 1 saturated carbocycles. The normalized spacial score (nSPS) is 20.4. The first-order chi connectivity index (χ1) is 11.7. The van der Waals surface area contributed by atoms with E-state index >= 15 is 0 Å². The number of thiophene rings is 1. The van der Waals surface area contributed by atoms with Crippen molar-refractivity contribution in [3.63, 3.8) is 0 Å². The molecule has 2 aliphatic rings. The Morgan fingerprint density at radius 2 is 2.08 bits per heavy atom. The zero-order valence-electron chi connectivity index (χ0n) is 13.5. The highest BCUT2D eigenvalue weighted by atomic mass is 32.1. The molecule has 1 aliphatic heterocycles. The molecule has 6 heteroatoms. The van der Waals surface area contributed by atoms with Crippen molar-refractivity contribution in [2.45, 2.75) is 38.3 Å². The Morgan fingerprint density at radius 3 is 2.88 bits per heavy atom. The average molecular weight is 338 g/mol. The van der Waals surface area contributed by atoms with Gasteiger partial charge in [-0.05, 0) is 37.3 Å². The topological polar surface area (TPSA) is 51.0 Å². The molecule has 1 amide bonds. The number of hydrogen-bond donors (Lipinski definition) is 0. The van der Waals surface area contributed by atoms with Crippen molar-refractivity contribution in [3.8, 4) is 0 Å². The first kappa shape index (κ1) is 14.2. The summed E-state index contributed by atoms with van der Waals surface area (Å²) >= 11 is 1.57. The second-order valence-electron chi connectivity index (χ2n) is 6.65. The van der Waals surface area contributed by atoms with Gasteiger partial charge in [-0.3, -0.25) is 4.79 Å². The van der Waals surface area contributed by atoms with Crippen LogP contribution < -0.4 is 0 Å². The Morgan fingerprint density at radius 1 is 1.25 bits per heavy atom. The molecule has 1 atom stereocenters. The van der Waals surface area contributed by atoms with Gasteiger partial charge >= 0.3 is 0 Å². The Balaban J connectivity index is 1.46. The minimum Gasteiger partial charge on any atom is -0.326 e. The fourth-order valence-corrected chi connectivity index (χ4v) is 4.42. The molecule has 5 nitrogen and oxygen atoms in total. The van der Waals surface area contributed by atoms with Gasteiger partial charge in [-0.15, -0.1) is 11.3 Å². The minimum absolute atomic E-state index is 0.0311. The van der Waals surface area contributed by atoms with Crippen molar-refractivity contribution >= 4 is 27.3 Å². The van der Waals surface area contributed by atoms with Gasteiger partial charge in [0, 0.05) is 17.2 Å². The van der Waals surface area contributed by atoms with Crippen molar-refractivity contribution in [2.75, 3.05) is 6.54 Å². The summed E-state index contributed by atoms with van der Waals surface area (Å²) in [6.07, 6.45) is 2.39. The lowest BCUT2D eigenvalue weighted by Crippen LogP contribution is -2.41. The molecule has 0 spiro atoms. The quantitative estimate of drug-likeness (QED) is 0.717.